The Morgan fingerprint density at radius 2 is 2.08 bits per heavy atom. The van der Waals surface area contributed by atoms with Crippen molar-refractivity contribution in [1.29, 1.82) is 5.26 Å². The Hall–Kier alpha value is -0.590. The molecule has 0 saturated heterocycles. The van der Waals surface area contributed by atoms with E-state index in [9.17, 15) is 0 Å². The minimum absolute atomic E-state index is 0.271. The van der Waals surface area contributed by atoms with Crippen molar-refractivity contribution in [3.63, 3.8) is 0 Å². The summed E-state index contributed by atoms with van der Waals surface area (Å²) < 4.78 is 5.38. The first kappa shape index (κ1) is 12.4. The van der Waals surface area contributed by atoms with Gasteiger partial charge in [0.25, 0.3) is 0 Å². The highest BCUT2D eigenvalue weighted by molar-refractivity contribution is 4.76. The minimum atomic E-state index is 0.271. The lowest BCUT2D eigenvalue weighted by molar-refractivity contribution is 0.110. The summed E-state index contributed by atoms with van der Waals surface area (Å²) in [4.78, 5) is 0. The molecule has 0 rings (SSSR count). The van der Waals surface area contributed by atoms with Crippen LogP contribution in [0.5, 0.6) is 0 Å². The van der Waals surface area contributed by atoms with Gasteiger partial charge in [-0.25, -0.2) is 0 Å². The second-order valence-electron chi connectivity index (χ2n) is 3.69. The predicted octanol–water partition coefficient (Wildman–Crippen LogP) is 1.55. The molecule has 0 amide bonds. The van der Waals surface area contributed by atoms with Gasteiger partial charge in [0.2, 0.25) is 0 Å². The van der Waals surface area contributed by atoms with Gasteiger partial charge in [-0.1, -0.05) is 13.8 Å². The fourth-order valence-electron chi connectivity index (χ4n) is 0.906. The standard InChI is InChI=1S/C10H20N2O/c1-9(2)8-13-7-6-12-10(3)4-5-11/h9-10,12H,4,6-8H2,1-3H3. The van der Waals surface area contributed by atoms with Gasteiger partial charge in [0.05, 0.1) is 19.1 Å². The molecule has 0 aliphatic rings. The van der Waals surface area contributed by atoms with E-state index in [1.54, 1.807) is 0 Å². The Balaban J connectivity index is 3.12. The summed E-state index contributed by atoms with van der Waals surface area (Å²) in [6.45, 7) is 8.64. The van der Waals surface area contributed by atoms with Gasteiger partial charge in [-0.3, -0.25) is 0 Å². The summed E-state index contributed by atoms with van der Waals surface area (Å²) in [6.07, 6.45) is 0.560. The van der Waals surface area contributed by atoms with Crippen LogP contribution < -0.4 is 5.32 Å². The molecule has 76 valence electrons. The highest BCUT2D eigenvalue weighted by atomic mass is 16.5. The van der Waals surface area contributed by atoms with Crippen molar-refractivity contribution >= 4 is 0 Å². The van der Waals surface area contributed by atoms with Crippen molar-refractivity contribution in [3.05, 3.63) is 0 Å². The van der Waals surface area contributed by atoms with Crippen molar-refractivity contribution in [1.82, 2.24) is 5.32 Å². The third kappa shape index (κ3) is 9.32. The Kier molecular flexibility index (Phi) is 7.66. The second kappa shape index (κ2) is 8.03. The highest BCUT2D eigenvalue weighted by Gasteiger charge is 1.98. The van der Waals surface area contributed by atoms with Crippen molar-refractivity contribution in [2.75, 3.05) is 19.8 Å². The van der Waals surface area contributed by atoms with Crippen molar-refractivity contribution in [2.45, 2.75) is 33.2 Å². The molecule has 0 heterocycles. The zero-order chi connectivity index (χ0) is 10.1. The zero-order valence-corrected chi connectivity index (χ0v) is 8.84. The average Bonchev–Trinajstić information content (AvgIpc) is 2.03. The summed E-state index contributed by atoms with van der Waals surface area (Å²) in [7, 11) is 0. The normalized spacial score (nSPS) is 12.8. The maximum absolute atomic E-state index is 8.39. The first-order valence-corrected chi connectivity index (χ1v) is 4.85. The van der Waals surface area contributed by atoms with E-state index in [0.717, 1.165) is 19.8 Å². The van der Waals surface area contributed by atoms with E-state index >= 15 is 0 Å². The Labute approximate surface area is 81.1 Å². The molecule has 3 heteroatoms. The Morgan fingerprint density at radius 3 is 2.62 bits per heavy atom. The monoisotopic (exact) mass is 184 g/mol. The number of nitrogens with zero attached hydrogens (tertiary/aromatic N) is 1. The third-order valence-corrected chi connectivity index (χ3v) is 1.59. The molecule has 0 saturated carbocycles. The quantitative estimate of drug-likeness (QED) is 0.611. The molecule has 0 aromatic rings. The third-order valence-electron chi connectivity index (χ3n) is 1.59. The number of nitriles is 1. The molecule has 1 N–H and O–H groups in total. The van der Waals surface area contributed by atoms with Crippen LogP contribution in [0.2, 0.25) is 0 Å². The Bertz CT molecular complexity index is 151. The molecule has 13 heavy (non-hydrogen) atoms. The van der Waals surface area contributed by atoms with E-state index < -0.39 is 0 Å². The number of hydrogen-bond donors (Lipinski definition) is 1. The maximum Gasteiger partial charge on any atom is 0.0638 e. The second-order valence-corrected chi connectivity index (χ2v) is 3.69. The van der Waals surface area contributed by atoms with Crippen molar-refractivity contribution < 1.29 is 4.74 Å². The van der Waals surface area contributed by atoms with Gasteiger partial charge < -0.3 is 10.1 Å². The smallest absolute Gasteiger partial charge is 0.0638 e. The lowest BCUT2D eigenvalue weighted by Gasteiger charge is -2.11. The summed E-state index contributed by atoms with van der Waals surface area (Å²) in [6, 6.07) is 2.39. The molecular formula is C10H20N2O. The maximum atomic E-state index is 8.39. The molecule has 0 radical (unpaired) electrons. The SMILES string of the molecule is CC(C)COCCNC(C)CC#N. The van der Waals surface area contributed by atoms with Gasteiger partial charge in [0, 0.05) is 19.2 Å². The van der Waals surface area contributed by atoms with Crippen LogP contribution in [0.3, 0.4) is 0 Å². The van der Waals surface area contributed by atoms with E-state index in [1.807, 2.05) is 6.92 Å². The average molecular weight is 184 g/mol. The van der Waals surface area contributed by atoms with Gasteiger partial charge in [0.15, 0.2) is 0 Å². The first-order valence-electron chi connectivity index (χ1n) is 4.85. The van der Waals surface area contributed by atoms with Crippen LogP contribution in [-0.2, 0) is 4.74 Å². The van der Waals surface area contributed by atoms with E-state index in [2.05, 4.69) is 25.2 Å². The van der Waals surface area contributed by atoms with Crippen LogP contribution >= 0.6 is 0 Å². The molecule has 1 atom stereocenters. The molecule has 0 bridgehead atoms. The van der Waals surface area contributed by atoms with Gasteiger partial charge in [-0.05, 0) is 12.8 Å². The summed E-state index contributed by atoms with van der Waals surface area (Å²) in [5.74, 6) is 0.594. The van der Waals surface area contributed by atoms with Crippen LogP contribution in [0.4, 0.5) is 0 Å². The molecule has 0 aromatic carbocycles. The lowest BCUT2D eigenvalue weighted by Crippen LogP contribution is -2.29. The minimum Gasteiger partial charge on any atom is -0.380 e. The molecule has 0 spiro atoms. The van der Waals surface area contributed by atoms with E-state index in [-0.39, 0.29) is 6.04 Å². The van der Waals surface area contributed by atoms with Crippen LogP contribution in [0.25, 0.3) is 0 Å². The van der Waals surface area contributed by atoms with Crippen LogP contribution in [0.15, 0.2) is 0 Å². The molecule has 0 fully saturated rings. The number of nitrogens with one attached hydrogen (secondary N) is 1. The molecule has 0 aliphatic heterocycles. The molecule has 1 unspecified atom stereocenters. The summed E-state index contributed by atoms with van der Waals surface area (Å²) in [5, 5.41) is 11.6. The molecular weight excluding hydrogens is 164 g/mol. The fourth-order valence-corrected chi connectivity index (χ4v) is 0.906. The Morgan fingerprint density at radius 1 is 1.38 bits per heavy atom. The number of hydrogen-bond acceptors (Lipinski definition) is 3. The zero-order valence-electron chi connectivity index (χ0n) is 8.84. The molecule has 0 aliphatic carbocycles. The van der Waals surface area contributed by atoms with Gasteiger partial charge in [-0.2, -0.15) is 5.26 Å². The van der Waals surface area contributed by atoms with Gasteiger partial charge in [-0.15, -0.1) is 0 Å². The molecule has 3 nitrogen and oxygen atoms in total. The predicted molar refractivity (Wildman–Crippen MR) is 53.4 cm³/mol. The summed E-state index contributed by atoms with van der Waals surface area (Å²) >= 11 is 0. The van der Waals surface area contributed by atoms with E-state index in [4.69, 9.17) is 10.00 Å². The van der Waals surface area contributed by atoms with Crippen LogP contribution in [-0.4, -0.2) is 25.8 Å². The van der Waals surface area contributed by atoms with Crippen molar-refractivity contribution in [2.24, 2.45) is 5.92 Å². The number of ether oxygens (including phenoxy) is 1. The highest BCUT2D eigenvalue weighted by Crippen LogP contribution is 1.92. The molecule has 0 aromatic heterocycles. The van der Waals surface area contributed by atoms with E-state index in [0.29, 0.717) is 12.3 Å². The first-order chi connectivity index (χ1) is 6.16. The van der Waals surface area contributed by atoms with E-state index in [1.165, 1.54) is 0 Å². The van der Waals surface area contributed by atoms with Gasteiger partial charge >= 0.3 is 0 Å². The lowest BCUT2D eigenvalue weighted by atomic mass is 10.2. The number of rotatable bonds is 7. The van der Waals surface area contributed by atoms with Crippen LogP contribution in [0.1, 0.15) is 27.2 Å². The summed E-state index contributed by atoms with van der Waals surface area (Å²) in [5.41, 5.74) is 0. The van der Waals surface area contributed by atoms with Crippen molar-refractivity contribution in [3.8, 4) is 6.07 Å². The van der Waals surface area contributed by atoms with Crippen LogP contribution in [0, 0.1) is 17.2 Å². The topological polar surface area (TPSA) is 45.0 Å². The fraction of sp³-hybridized carbons (Fsp3) is 0.900. The van der Waals surface area contributed by atoms with Gasteiger partial charge in [0.1, 0.15) is 0 Å². The largest absolute Gasteiger partial charge is 0.380 e.